The highest BCUT2D eigenvalue weighted by molar-refractivity contribution is 5.94. The molecule has 0 unspecified atom stereocenters. The van der Waals surface area contributed by atoms with E-state index in [1.54, 1.807) is 0 Å². The van der Waals surface area contributed by atoms with E-state index < -0.39 is 43.0 Å². The Morgan fingerprint density at radius 1 is 0.906 bits per heavy atom. The number of carbonyl (C=O) groups is 4. The first-order valence-corrected chi connectivity index (χ1v) is 8.65. The van der Waals surface area contributed by atoms with E-state index in [0.29, 0.717) is 0 Å². The molecule has 1 amide bonds. The topological polar surface area (TPSA) is 145 Å². The van der Waals surface area contributed by atoms with Gasteiger partial charge in [0.05, 0.1) is 31.8 Å². The number of alkyl halides is 3. The van der Waals surface area contributed by atoms with Crippen LogP contribution in [0.4, 0.5) is 13.2 Å². The number of nitrogens with one attached hydrogen (secondary N) is 1. The van der Waals surface area contributed by atoms with Crippen molar-refractivity contribution < 1.29 is 46.9 Å². The molecule has 0 bridgehead atoms. The second-order valence-corrected chi connectivity index (χ2v) is 5.77. The second-order valence-electron chi connectivity index (χ2n) is 5.77. The molecule has 2 heterocycles. The minimum Gasteiger partial charge on any atom is -0.477 e. The van der Waals surface area contributed by atoms with Gasteiger partial charge in [-0.15, -0.1) is 0 Å². The number of carbonyl (C=O) groups excluding carboxylic acids is 3. The number of pyridine rings is 2. The molecular weight excluding hydrogens is 439 g/mol. The molecule has 0 aliphatic heterocycles. The van der Waals surface area contributed by atoms with Crippen LogP contribution >= 0.6 is 0 Å². The number of carboxylic acids is 1. The fourth-order valence-electron chi connectivity index (χ4n) is 1.93. The van der Waals surface area contributed by atoms with Gasteiger partial charge >= 0.3 is 24.1 Å². The van der Waals surface area contributed by atoms with E-state index in [2.05, 4.69) is 24.8 Å². The molecule has 32 heavy (non-hydrogen) atoms. The molecule has 2 aromatic rings. The van der Waals surface area contributed by atoms with Crippen LogP contribution in [0.5, 0.6) is 0 Å². The Balaban J connectivity index is 0.000000343. The minimum absolute atomic E-state index is 0.0742. The van der Waals surface area contributed by atoms with Gasteiger partial charge in [-0.1, -0.05) is 0 Å². The Morgan fingerprint density at radius 3 is 1.72 bits per heavy atom. The molecule has 0 saturated carbocycles. The smallest absolute Gasteiger partial charge is 0.390 e. The standard InChI is InChI=1S/C11H11F3N2O3.C8H7NO4/c1-19-10(18)7-2-3-8(16-6-7)9(17)15-5-4-11(12,13)14;1-13-8(12)5-2-3-6(7(10)11)9-4-5/h2-3,6H,4-5H2,1H3,(H,15,17);2-4H,1H3,(H,10,11). The Kier molecular flexibility index (Phi) is 9.73. The third-order valence-electron chi connectivity index (χ3n) is 3.51. The Labute approximate surface area is 179 Å². The molecule has 0 aromatic carbocycles. The van der Waals surface area contributed by atoms with Gasteiger partial charge < -0.3 is 19.9 Å². The summed E-state index contributed by atoms with van der Waals surface area (Å²) in [4.78, 5) is 51.0. The van der Waals surface area contributed by atoms with Crippen LogP contribution in [0.3, 0.4) is 0 Å². The number of carboxylic acid groups (broad SMARTS) is 1. The van der Waals surface area contributed by atoms with Crippen LogP contribution in [0.25, 0.3) is 0 Å². The predicted octanol–water partition coefficient (Wildman–Crippen LogP) is 2.12. The van der Waals surface area contributed by atoms with Crippen molar-refractivity contribution >= 4 is 23.8 Å². The van der Waals surface area contributed by atoms with Crippen molar-refractivity contribution in [3.8, 4) is 0 Å². The fourth-order valence-corrected chi connectivity index (χ4v) is 1.93. The number of hydrogen-bond donors (Lipinski definition) is 2. The second kappa shape index (κ2) is 12.0. The lowest BCUT2D eigenvalue weighted by Gasteiger charge is -2.07. The summed E-state index contributed by atoms with van der Waals surface area (Å²) in [6.45, 7) is -0.525. The SMILES string of the molecule is COC(=O)c1ccc(C(=O)NCCC(F)(F)F)nc1.COC(=O)c1ccc(C(=O)O)nc1. The molecule has 2 rings (SSSR count). The van der Waals surface area contributed by atoms with Crippen LogP contribution in [0.1, 0.15) is 48.1 Å². The van der Waals surface area contributed by atoms with Crippen molar-refractivity contribution in [3.63, 3.8) is 0 Å². The van der Waals surface area contributed by atoms with Crippen molar-refractivity contribution in [3.05, 3.63) is 59.2 Å². The third-order valence-corrected chi connectivity index (χ3v) is 3.51. The Hall–Kier alpha value is -4.03. The molecule has 0 aliphatic carbocycles. The molecular formula is C19H18F3N3O7. The van der Waals surface area contributed by atoms with Gasteiger partial charge in [0.1, 0.15) is 11.4 Å². The summed E-state index contributed by atoms with van der Waals surface area (Å²) in [7, 11) is 2.44. The predicted molar refractivity (Wildman–Crippen MR) is 101 cm³/mol. The van der Waals surface area contributed by atoms with Gasteiger partial charge in [0.15, 0.2) is 0 Å². The van der Waals surface area contributed by atoms with E-state index in [0.717, 1.165) is 12.4 Å². The quantitative estimate of drug-likeness (QED) is 0.623. The molecule has 0 aliphatic rings. The summed E-state index contributed by atoms with van der Waals surface area (Å²) < 4.78 is 44.5. The van der Waals surface area contributed by atoms with Gasteiger partial charge in [-0.05, 0) is 24.3 Å². The molecule has 0 fully saturated rings. The summed E-state index contributed by atoms with van der Waals surface area (Å²) in [5, 5.41) is 10.6. The summed E-state index contributed by atoms with van der Waals surface area (Å²) >= 11 is 0. The van der Waals surface area contributed by atoms with Crippen LogP contribution in [0.15, 0.2) is 36.7 Å². The van der Waals surface area contributed by atoms with Gasteiger partial charge in [-0.25, -0.2) is 19.4 Å². The summed E-state index contributed by atoms with van der Waals surface area (Å²) in [6, 6.07) is 5.13. The number of rotatable bonds is 6. The maximum absolute atomic E-state index is 11.9. The van der Waals surface area contributed by atoms with E-state index in [9.17, 15) is 32.3 Å². The monoisotopic (exact) mass is 457 g/mol. The molecule has 13 heteroatoms. The van der Waals surface area contributed by atoms with Gasteiger partial charge in [0.2, 0.25) is 0 Å². The molecule has 172 valence electrons. The largest absolute Gasteiger partial charge is 0.477 e. The molecule has 0 spiro atoms. The van der Waals surface area contributed by atoms with Gasteiger partial charge in [0.25, 0.3) is 5.91 Å². The number of aromatic nitrogens is 2. The van der Waals surface area contributed by atoms with E-state index in [-0.39, 0.29) is 22.5 Å². The number of esters is 2. The van der Waals surface area contributed by atoms with Crippen molar-refractivity contribution in [2.75, 3.05) is 20.8 Å². The number of aromatic carboxylic acids is 1. The molecule has 0 atom stereocenters. The lowest BCUT2D eigenvalue weighted by Crippen LogP contribution is -2.28. The lowest BCUT2D eigenvalue weighted by molar-refractivity contribution is -0.133. The number of amides is 1. The van der Waals surface area contributed by atoms with Crippen molar-refractivity contribution in [2.45, 2.75) is 12.6 Å². The number of halogens is 3. The minimum atomic E-state index is -4.32. The summed E-state index contributed by atoms with van der Waals surface area (Å²) in [6.07, 6.45) is -3.16. The first kappa shape index (κ1) is 26.0. The van der Waals surface area contributed by atoms with Crippen LogP contribution in [0.2, 0.25) is 0 Å². The maximum Gasteiger partial charge on any atom is 0.390 e. The average molecular weight is 457 g/mol. The molecule has 0 radical (unpaired) electrons. The van der Waals surface area contributed by atoms with Gasteiger partial charge in [-0.2, -0.15) is 13.2 Å². The fraction of sp³-hybridized carbons (Fsp3) is 0.263. The first-order chi connectivity index (χ1) is 15.0. The Morgan fingerprint density at radius 2 is 1.38 bits per heavy atom. The van der Waals surface area contributed by atoms with Crippen molar-refractivity contribution in [2.24, 2.45) is 0 Å². The zero-order valence-corrected chi connectivity index (χ0v) is 16.8. The normalized spacial score (nSPS) is 10.3. The molecule has 2 N–H and O–H groups in total. The summed E-state index contributed by atoms with van der Waals surface area (Å²) in [5.41, 5.74) is 0.198. The first-order valence-electron chi connectivity index (χ1n) is 8.65. The highest BCUT2D eigenvalue weighted by atomic mass is 19.4. The lowest BCUT2D eigenvalue weighted by atomic mass is 10.2. The zero-order valence-electron chi connectivity index (χ0n) is 16.8. The van der Waals surface area contributed by atoms with E-state index in [1.165, 1.54) is 38.5 Å². The van der Waals surface area contributed by atoms with Crippen molar-refractivity contribution in [1.82, 2.24) is 15.3 Å². The number of methoxy groups -OCH3 is 2. The summed E-state index contributed by atoms with van der Waals surface area (Å²) in [5.74, 6) is -3.02. The zero-order chi connectivity index (χ0) is 24.3. The molecule has 10 nitrogen and oxygen atoms in total. The average Bonchev–Trinajstić information content (AvgIpc) is 2.77. The highest BCUT2D eigenvalue weighted by Crippen LogP contribution is 2.18. The van der Waals surface area contributed by atoms with Crippen LogP contribution in [-0.4, -0.2) is 65.8 Å². The molecule has 2 aromatic heterocycles. The Bertz CT molecular complexity index is 946. The maximum atomic E-state index is 11.9. The number of nitrogens with zero attached hydrogens (tertiary/aromatic N) is 2. The van der Waals surface area contributed by atoms with Crippen LogP contribution in [-0.2, 0) is 9.47 Å². The van der Waals surface area contributed by atoms with Crippen LogP contribution in [0, 0.1) is 0 Å². The third kappa shape index (κ3) is 8.77. The molecule has 0 saturated heterocycles. The van der Waals surface area contributed by atoms with Crippen molar-refractivity contribution in [1.29, 1.82) is 0 Å². The number of hydrogen-bond acceptors (Lipinski definition) is 8. The van der Waals surface area contributed by atoms with Gasteiger partial charge in [-0.3, -0.25) is 9.78 Å². The van der Waals surface area contributed by atoms with E-state index >= 15 is 0 Å². The number of ether oxygens (including phenoxy) is 2. The van der Waals surface area contributed by atoms with E-state index in [1.807, 2.05) is 0 Å². The van der Waals surface area contributed by atoms with Crippen LogP contribution < -0.4 is 5.32 Å². The van der Waals surface area contributed by atoms with E-state index in [4.69, 9.17) is 5.11 Å². The van der Waals surface area contributed by atoms with Gasteiger partial charge in [0, 0.05) is 18.9 Å². The highest BCUT2D eigenvalue weighted by Gasteiger charge is 2.26.